The van der Waals surface area contributed by atoms with Crippen molar-refractivity contribution in [3.05, 3.63) is 36.4 Å². The van der Waals surface area contributed by atoms with Crippen LogP contribution in [0.15, 0.2) is 34.9 Å². The van der Waals surface area contributed by atoms with Crippen molar-refractivity contribution >= 4 is 5.97 Å². The fourth-order valence-corrected chi connectivity index (χ4v) is 1.95. The highest BCUT2D eigenvalue weighted by Crippen LogP contribution is 2.30. The van der Waals surface area contributed by atoms with Gasteiger partial charge in [-0.15, -0.1) is 0 Å². The Hall–Kier alpha value is -2.30. The monoisotopic (exact) mass is 275 g/mol. The molecule has 0 aliphatic carbocycles. The number of rotatable bonds is 7. The van der Waals surface area contributed by atoms with Gasteiger partial charge in [0.1, 0.15) is 5.75 Å². The highest BCUT2D eigenvalue weighted by Gasteiger charge is 2.10. The molecular formula is C15H17NO4. The molecule has 0 atom stereocenters. The number of para-hydroxylation sites is 1. The molecule has 2 rings (SSSR count). The van der Waals surface area contributed by atoms with Crippen LogP contribution in [0, 0.1) is 0 Å². The second kappa shape index (κ2) is 6.75. The average molecular weight is 275 g/mol. The molecular weight excluding hydrogens is 258 g/mol. The van der Waals surface area contributed by atoms with E-state index in [0.29, 0.717) is 24.5 Å². The fraction of sp³-hybridized carbons (Fsp3) is 0.333. The molecule has 0 saturated heterocycles. The maximum absolute atomic E-state index is 10.4. The van der Waals surface area contributed by atoms with Gasteiger partial charge in [0.2, 0.25) is 0 Å². The number of aromatic nitrogens is 1. The van der Waals surface area contributed by atoms with E-state index in [2.05, 4.69) is 4.98 Å². The van der Waals surface area contributed by atoms with Gasteiger partial charge in [-0.3, -0.25) is 4.79 Å². The number of methoxy groups -OCH3 is 1. The van der Waals surface area contributed by atoms with Gasteiger partial charge in [0, 0.05) is 12.8 Å². The quantitative estimate of drug-likeness (QED) is 0.786. The van der Waals surface area contributed by atoms with Crippen LogP contribution in [0.3, 0.4) is 0 Å². The van der Waals surface area contributed by atoms with Crippen molar-refractivity contribution in [3.8, 4) is 17.1 Å². The summed E-state index contributed by atoms with van der Waals surface area (Å²) in [5.41, 5.74) is 0.860. The molecule has 0 bridgehead atoms. The van der Waals surface area contributed by atoms with E-state index in [0.717, 1.165) is 17.7 Å². The number of unbranched alkanes of at least 4 members (excludes halogenated alkanes) is 1. The number of ether oxygens (including phenoxy) is 1. The largest absolute Gasteiger partial charge is 0.496 e. The zero-order valence-corrected chi connectivity index (χ0v) is 11.3. The Bertz CT molecular complexity index is 577. The van der Waals surface area contributed by atoms with Crippen molar-refractivity contribution in [1.29, 1.82) is 0 Å². The van der Waals surface area contributed by atoms with Gasteiger partial charge in [0.15, 0.2) is 11.7 Å². The average Bonchev–Trinajstić information content (AvgIpc) is 2.92. The second-order valence-corrected chi connectivity index (χ2v) is 4.42. The molecule has 0 radical (unpaired) electrons. The summed E-state index contributed by atoms with van der Waals surface area (Å²) in [6.07, 6.45) is 3.87. The van der Waals surface area contributed by atoms with Crippen molar-refractivity contribution in [2.45, 2.75) is 25.7 Å². The Morgan fingerprint density at radius 1 is 1.35 bits per heavy atom. The number of nitrogens with zero attached hydrogens (tertiary/aromatic N) is 1. The minimum Gasteiger partial charge on any atom is -0.496 e. The summed E-state index contributed by atoms with van der Waals surface area (Å²) in [6.45, 7) is 0. The van der Waals surface area contributed by atoms with Crippen LogP contribution in [0.5, 0.6) is 5.75 Å². The number of hydrogen-bond acceptors (Lipinski definition) is 4. The molecule has 0 unspecified atom stereocenters. The summed E-state index contributed by atoms with van der Waals surface area (Å²) >= 11 is 0. The van der Waals surface area contributed by atoms with Gasteiger partial charge in [0.25, 0.3) is 0 Å². The third kappa shape index (κ3) is 3.60. The Labute approximate surface area is 117 Å². The highest BCUT2D eigenvalue weighted by molar-refractivity contribution is 5.66. The van der Waals surface area contributed by atoms with Crippen molar-refractivity contribution in [2.24, 2.45) is 0 Å². The maximum Gasteiger partial charge on any atom is 0.303 e. The maximum atomic E-state index is 10.4. The molecule has 1 aromatic carbocycles. The van der Waals surface area contributed by atoms with Gasteiger partial charge in [-0.1, -0.05) is 12.1 Å². The van der Waals surface area contributed by atoms with Gasteiger partial charge in [-0.2, -0.15) is 0 Å². The number of aryl methyl sites for hydroxylation is 1. The second-order valence-electron chi connectivity index (χ2n) is 4.42. The van der Waals surface area contributed by atoms with E-state index in [9.17, 15) is 4.79 Å². The number of carboxylic acids is 1. The Morgan fingerprint density at radius 2 is 2.15 bits per heavy atom. The normalized spacial score (nSPS) is 10.4. The number of aliphatic carboxylic acids is 1. The lowest BCUT2D eigenvalue weighted by atomic mass is 10.1. The number of hydrogen-bond donors (Lipinski definition) is 1. The molecule has 106 valence electrons. The molecule has 1 aromatic heterocycles. The third-order valence-corrected chi connectivity index (χ3v) is 2.96. The van der Waals surface area contributed by atoms with Crippen LogP contribution in [-0.2, 0) is 11.2 Å². The van der Waals surface area contributed by atoms with E-state index in [1.807, 2.05) is 24.3 Å². The molecule has 0 aliphatic rings. The van der Waals surface area contributed by atoms with Gasteiger partial charge in [0.05, 0.1) is 18.9 Å². The third-order valence-electron chi connectivity index (χ3n) is 2.96. The fourth-order valence-electron chi connectivity index (χ4n) is 1.95. The van der Waals surface area contributed by atoms with Crippen LogP contribution >= 0.6 is 0 Å². The molecule has 0 fully saturated rings. The van der Waals surface area contributed by atoms with Gasteiger partial charge < -0.3 is 14.3 Å². The molecule has 20 heavy (non-hydrogen) atoms. The number of oxazole rings is 1. The predicted octanol–water partition coefficient (Wildman–Crippen LogP) is 3.15. The number of carbonyl (C=O) groups is 1. The molecule has 1 heterocycles. The van der Waals surface area contributed by atoms with E-state index in [1.165, 1.54) is 0 Å². The summed E-state index contributed by atoms with van der Waals surface area (Å²) < 4.78 is 11.0. The molecule has 0 amide bonds. The van der Waals surface area contributed by atoms with E-state index < -0.39 is 5.97 Å². The smallest absolute Gasteiger partial charge is 0.303 e. The topological polar surface area (TPSA) is 72.6 Å². The van der Waals surface area contributed by atoms with Gasteiger partial charge >= 0.3 is 5.97 Å². The summed E-state index contributed by atoms with van der Waals surface area (Å²) in [4.78, 5) is 14.6. The minimum absolute atomic E-state index is 0.181. The van der Waals surface area contributed by atoms with Crippen molar-refractivity contribution in [2.75, 3.05) is 7.11 Å². The van der Waals surface area contributed by atoms with Gasteiger partial charge in [-0.05, 0) is 25.0 Å². The Balaban J connectivity index is 2.00. The van der Waals surface area contributed by atoms with Crippen LogP contribution in [-0.4, -0.2) is 23.2 Å². The molecule has 0 spiro atoms. The first-order valence-corrected chi connectivity index (χ1v) is 6.50. The van der Waals surface area contributed by atoms with Crippen molar-refractivity contribution < 1.29 is 19.1 Å². The predicted molar refractivity (Wildman–Crippen MR) is 73.7 cm³/mol. The molecule has 0 saturated carbocycles. The lowest BCUT2D eigenvalue weighted by molar-refractivity contribution is -0.137. The van der Waals surface area contributed by atoms with Gasteiger partial charge in [-0.25, -0.2) is 4.98 Å². The molecule has 1 N–H and O–H groups in total. The Morgan fingerprint density at radius 3 is 2.90 bits per heavy atom. The zero-order valence-electron chi connectivity index (χ0n) is 11.3. The lowest BCUT2D eigenvalue weighted by Crippen LogP contribution is -1.94. The first kappa shape index (κ1) is 14.1. The lowest BCUT2D eigenvalue weighted by Gasteiger charge is -2.04. The molecule has 0 aliphatic heterocycles. The van der Waals surface area contributed by atoms with E-state index in [-0.39, 0.29) is 6.42 Å². The first-order valence-electron chi connectivity index (χ1n) is 6.50. The van der Waals surface area contributed by atoms with Crippen LogP contribution < -0.4 is 4.74 Å². The summed E-state index contributed by atoms with van der Waals surface area (Å²) in [6, 6.07) is 7.58. The first-order chi connectivity index (χ1) is 9.70. The van der Waals surface area contributed by atoms with Crippen LogP contribution in [0.2, 0.25) is 0 Å². The van der Waals surface area contributed by atoms with Crippen molar-refractivity contribution in [3.63, 3.8) is 0 Å². The van der Waals surface area contributed by atoms with E-state index in [1.54, 1.807) is 13.3 Å². The molecule has 2 aromatic rings. The summed E-state index contributed by atoms with van der Waals surface area (Å²) in [5.74, 6) is 1.25. The number of carboxylic acid groups (broad SMARTS) is 1. The molecule has 5 heteroatoms. The highest BCUT2D eigenvalue weighted by atomic mass is 16.5. The molecule has 5 nitrogen and oxygen atoms in total. The van der Waals surface area contributed by atoms with Crippen LogP contribution in [0.1, 0.15) is 25.2 Å². The van der Waals surface area contributed by atoms with Crippen LogP contribution in [0.4, 0.5) is 0 Å². The number of benzene rings is 1. The van der Waals surface area contributed by atoms with Crippen LogP contribution in [0.25, 0.3) is 11.3 Å². The summed E-state index contributed by atoms with van der Waals surface area (Å²) in [7, 11) is 1.61. The summed E-state index contributed by atoms with van der Waals surface area (Å²) in [5, 5.41) is 8.57. The Kier molecular flexibility index (Phi) is 4.76. The van der Waals surface area contributed by atoms with E-state index in [4.69, 9.17) is 14.3 Å². The minimum atomic E-state index is -0.771. The standard InChI is InChI=1S/C15H17NO4/c1-19-12-7-3-2-6-11(12)13-10-16-14(20-13)8-4-5-9-15(17)18/h2-3,6-7,10H,4-5,8-9H2,1H3,(H,17,18). The SMILES string of the molecule is COc1ccccc1-c1cnc(CCCCC(=O)O)o1. The zero-order chi connectivity index (χ0) is 14.4. The van der Waals surface area contributed by atoms with Crippen molar-refractivity contribution in [1.82, 2.24) is 4.98 Å². The van der Waals surface area contributed by atoms with E-state index >= 15 is 0 Å².